The van der Waals surface area contributed by atoms with Gasteiger partial charge in [-0.25, -0.2) is 0 Å². The standard InChI is InChI=1S/C20H24N2O2/c1-4-14-24-19-12-10-17(11-13-19)15-22(3)16(2)20(23)21-18-8-6-5-7-9-18/h4-13,16H,1,14-15H2,2-3H3,(H,21,23)/t16-/m0/s1. The van der Waals surface area contributed by atoms with Gasteiger partial charge in [0.05, 0.1) is 6.04 Å². The van der Waals surface area contributed by atoms with Gasteiger partial charge in [0.25, 0.3) is 0 Å². The Morgan fingerprint density at radius 2 is 1.88 bits per heavy atom. The van der Waals surface area contributed by atoms with Crippen molar-refractivity contribution in [2.75, 3.05) is 19.0 Å². The monoisotopic (exact) mass is 324 g/mol. The number of anilines is 1. The number of nitrogens with zero attached hydrogens (tertiary/aromatic N) is 1. The third kappa shape index (κ3) is 5.25. The number of hydrogen-bond donors (Lipinski definition) is 1. The first-order valence-corrected chi connectivity index (χ1v) is 7.99. The smallest absolute Gasteiger partial charge is 0.241 e. The van der Waals surface area contributed by atoms with Crippen LogP contribution in [0.25, 0.3) is 0 Å². The summed E-state index contributed by atoms with van der Waals surface area (Å²) in [5.41, 5.74) is 1.94. The molecular weight excluding hydrogens is 300 g/mol. The molecule has 0 unspecified atom stereocenters. The first-order chi connectivity index (χ1) is 11.6. The van der Waals surface area contributed by atoms with E-state index in [1.165, 1.54) is 0 Å². The van der Waals surface area contributed by atoms with Crippen LogP contribution in [0.1, 0.15) is 12.5 Å². The summed E-state index contributed by atoms with van der Waals surface area (Å²) in [5, 5.41) is 2.93. The zero-order valence-electron chi connectivity index (χ0n) is 14.2. The van der Waals surface area contributed by atoms with Gasteiger partial charge in [-0.1, -0.05) is 43.0 Å². The van der Waals surface area contributed by atoms with E-state index >= 15 is 0 Å². The van der Waals surface area contributed by atoms with Crippen LogP contribution >= 0.6 is 0 Å². The van der Waals surface area contributed by atoms with Crippen LogP contribution in [0.5, 0.6) is 5.75 Å². The summed E-state index contributed by atoms with van der Waals surface area (Å²) in [5.74, 6) is 0.797. The van der Waals surface area contributed by atoms with Gasteiger partial charge in [0, 0.05) is 12.2 Å². The van der Waals surface area contributed by atoms with Gasteiger partial charge in [0.15, 0.2) is 0 Å². The highest BCUT2D eigenvalue weighted by molar-refractivity contribution is 5.94. The third-order valence-electron chi connectivity index (χ3n) is 3.81. The molecule has 0 saturated heterocycles. The summed E-state index contributed by atoms with van der Waals surface area (Å²) < 4.78 is 5.47. The van der Waals surface area contributed by atoms with Crippen molar-refractivity contribution >= 4 is 11.6 Å². The van der Waals surface area contributed by atoms with E-state index in [-0.39, 0.29) is 11.9 Å². The first kappa shape index (κ1) is 17.8. The highest BCUT2D eigenvalue weighted by Gasteiger charge is 2.18. The second-order valence-corrected chi connectivity index (χ2v) is 5.69. The van der Waals surface area contributed by atoms with E-state index in [0.717, 1.165) is 17.0 Å². The van der Waals surface area contributed by atoms with E-state index in [1.54, 1.807) is 6.08 Å². The van der Waals surface area contributed by atoms with Crippen molar-refractivity contribution in [1.82, 2.24) is 4.90 Å². The number of rotatable bonds is 8. The number of hydrogen-bond acceptors (Lipinski definition) is 3. The number of benzene rings is 2. The van der Waals surface area contributed by atoms with Crippen molar-refractivity contribution in [1.29, 1.82) is 0 Å². The lowest BCUT2D eigenvalue weighted by Crippen LogP contribution is -2.39. The van der Waals surface area contributed by atoms with Gasteiger partial charge in [0.1, 0.15) is 12.4 Å². The Bertz CT molecular complexity index is 653. The second-order valence-electron chi connectivity index (χ2n) is 5.69. The predicted octanol–water partition coefficient (Wildman–Crippen LogP) is 3.71. The summed E-state index contributed by atoms with van der Waals surface area (Å²) in [6.45, 7) is 6.71. The molecule has 2 rings (SSSR count). The molecular formula is C20H24N2O2. The van der Waals surface area contributed by atoms with Crippen molar-refractivity contribution < 1.29 is 9.53 Å². The number of carbonyl (C=O) groups excluding carboxylic acids is 1. The van der Waals surface area contributed by atoms with Gasteiger partial charge in [0.2, 0.25) is 5.91 Å². The van der Waals surface area contributed by atoms with Crippen molar-refractivity contribution in [3.05, 3.63) is 72.8 Å². The van der Waals surface area contributed by atoms with Gasteiger partial charge in [-0.2, -0.15) is 0 Å². The second kappa shape index (κ2) is 8.89. The maximum atomic E-state index is 12.3. The molecule has 0 aliphatic carbocycles. The molecule has 0 aromatic heterocycles. The normalized spacial score (nSPS) is 11.8. The summed E-state index contributed by atoms with van der Waals surface area (Å²) >= 11 is 0. The zero-order chi connectivity index (χ0) is 17.4. The number of ether oxygens (including phenoxy) is 1. The minimum atomic E-state index is -0.234. The third-order valence-corrected chi connectivity index (χ3v) is 3.81. The van der Waals surface area contributed by atoms with Crippen LogP contribution in [0.3, 0.4) is 0 Å². The fourth-order valence-electron chi connectivity index (χ4n) is 2.24. The number of amides is 1. The van der Waals surface area contributed by atoms with E-state index in [1.807, 2.05) is 73.5 Å². The first-order valence-electron chi connectivity index (χ1n) is 7.99. The lowest BCUT2D eigenvalue weighted by Gasteiger charge is -2.24. The van der Waals surface area contributed by atoms with Gasteiger partial charge in [-0.3, -0.25) is 9.69 Å². The Morgan fingerprint density at radius 3 is 2.50 bits per heavy atom. The van der Waals surface area contributed by atoms with Gasteiger partial charge >= 0.3 is 0 Å². The Balaban J connectivity index is 1.89. The van der Waals surface area contributed by atoms with E-state index in [4.69, 9.17) is 4.74 Å². The van der Waals surface area contributed by atoms with E-state index in [9.17, 15) is 4.79 Å². The molecule has 1 amide bonds. The summed E-state index contributed by atoms with van der Waals surface area (Å²) in [6.07, 6.45) is 1.72. The van der Waals surface area contributed by atoms with E-state index < -0.39 is 0 Å². The number of likely N-dealkylation sites (N-methyl/N-ethyl adjacent to an activating group) is 1. The molecule has 126 valence electrons. The quantitative estimate of drug-likeness (QED) is 0.753. The largest absolute Gasteiger partial charge is 0.490 e. The van der Waals surface area contributed by atoms with Crippen LogP contribution in [-0.2, 0) is 11.3 Å². The van der Waals surface area contributed by atoms with Crippen LogP contribution in [0.4, 0.5) is 5.69 Å². The lowest BCUT2D eigenvalue weighted by atomic mass is 10.1. The molecule has 0 aliphatic rings. The number of carbonyl (C=O) groups is 1. The minimum Gasteiger partial charge on any atom is -0.490 e. The highest BCUT2D eigenvalue weighted by Crippen LogP contribution is 2.15. The molecule has 1 atom stereocenters. The Kier molecular flexibility index (Phi) is 6.58. The molecule has 2 aromatic rings. The highest BCUT2D eigenvalue weighted by atomic mass is 16.5. The Hall–Kier alpha value is -2.59. The van der Waals surface area contributed by atoms with E-state index in [2.05, 4.69) is 11.9 Å². The number of nitrogens with one attached hydrogen (secondary N) is 1. The molecule has 24 heavy (non-hydrogen) atoms. The van der Waals surface area contributed by atoms with Gasteiger partial charge in [-0.05, 0) is 43.8 Å². The molecule has 0 aliphatic heterocycles. The molecule has 4 nitrogen and oxygen atoms in total. The number of para-hydroxylation sites is 1. The molecule has 4 heteroatoms. The summed E-state index contributed by atoms with van der Waals surface area (Å²) in [7, 11) is 1.94. The Labute approximate surface area is 143 Å². The van der Waals surface area contributed by atoms with Crippen LogP contribution in [-0.4, -0.2) is 30.5 Å². The van der Waals surface area contributed by atoms with Crippen molar-refractivity contribution in [3.63, 3.8) is 0 Å². The lowest BCUT2D eigenvalue weighted by molar-refractivity contribution is -0.120. The van der Waals surface area contributed by atoms with Crippen molar-refractivity contribution in [3.8, 4) is 5.75 Å². The average Bonchev–Trinajstić information content (AvgIpc) is 2.61. The van der Waals surface area contributed by atoms with Crippen LogP contribution in [0.15, 0.2) is 67.3 Å². The van der Waals surface area contributed by atoms with Crippen LogP contribution in [0, 0.1) is 0 Å². The fraction of sp³-hybridized carbons (Fsp3) is 0.250. The van der Waals surface area contributed by atoms with Gasteiger partial charge in [-0.15, -0.1) is 0 Å². The molecule has 0 fully saturated rings. The van der Waals surface area contributed by atoms with Crippen molar-refractivity contribution in [2.24, 2.45) is 0 Å². The molecule has 1 N–H and O–H groups in total. The predicted molar refractivity (Wildman–Crippen MR) is 98.1 cm³/mol. The topological polar surface area (TPSA) is 41.6 Å². The maximum Gasteiger partial charge on any atom is 0.241 e. The minimum absolute atomic E-state index is 0.0189. The van der Waals surface area contributed by atoms with E-state index in [0.29, 0.717) is 13.2 Å². The molecule has 0 bridgehead atoms. The molecule has 0 heterocycles. The molecule has 0 saturated carbocycles. The van der Waals surface area contributed by atoms with Crippen LogP contribution < -0.4 is 10.1 Å². The fourth-order valence-corrected chi connectivity index (χ4v) is 2.24. The summed E-state index contributed by atoms with van der Waals surface area (Å²) in [6, 6.07) is 17.1. The SMILES string of the molecule is C=CCOc1ccc(CN(C)[C@@H](C)C(=O)Nc2ccccc2)cc1. The average molecular weight is 324 g/mol. The van der Waals surface area contributed by atoms with Crippen LogP contribution in [0.2, 0.25) is 0 Å². The van der Waals surface area contributed by atoms with Gasteiger partial charge < -0.3 is 10.1 Å². The van der Waals surface area contributed by atoms with Crippen molar-refractivity contribution in [2.45, 2.75) is 19.5 Å². The molecule has 0 spiro atoms. The molecule has 2 aromatic carbocycles. The maximum absolute atomic E-state index is 12.3. The zero-order valence-corrected chi connectivity index (χ0v) is 14.2. The summed E-state index contributed by atoms with van der Waals surface area (Å²) in [4.78, 5) is 14.3. The molecule has 0 radical (unpaired) electrons. The Morgan fingerprint density at radius 1 is 1.21 bits per heavy atom.